The quantitative estimate of drug-likeness (QED) is 0.667. The maximum atomic E-state index is 4.69. The van der Waals surface area contributed by atoms with Gasteiger partial charge in [0.1, 0.15) is 0 Å². The van der Waals surface area contributed by atoms with E-state index in [2.05, 4.69) is 61.1 Å². The number of aryl methyl sites for hydroxylation is 2. The summed E-state index contributed by atoms with van der Waals surface area (Å²) < 4.78 is 0. The zero-order valence-electron chi connectivity index (χ0n) is 14.4. The summed E-state index contributed by atoms with van der Waals surface area (Å²) in [5.41, 5.74) is 9.74. The van der Waals surface area contributed by atoms with E-state index in [1.165, 1.54) is 33.4 Å². The van der Waals surface area contributed by atoms with Crippen molar-refractivity contribution in [1.29, 1.82) is 0 Å². The van der Waals surface area contributed by atoms with Crippen molar-refractivity contribution in [2.45, 2.75) is 26.9 Å². The highest BCUT2D eigenvalue weighted by Crippen LogP contribution is 2.35. The van der Waals surface area contributed by atoms with Crippen LogP contribution in [0.15, 0.2) is 48.8 Å². The van der Waals surface area contributed by atoms with E-state index in [0.29, 0.717) is 0 Å². The van der Waals surface area contributed by atoms with Crippen molar-refractivity contribution < 1.29 is 0 Å². The second-order valence-corrected chi connectivity index (χ2v) is 6.69. The number of pyridine rings is 2. The first-order valence-electron chi connectivity index (χ1n) is 8.31. The lowest BCUT2D eigenvalue weighted by atomic mass is 9.93. The molecule has 3 heterocycles. The van der Waals surface area contributed by atoms with Crippen molar-refractivity contribution in [3.05, 3.63) is 71.3 Å². The van der Waals surface area contributed by atoms with Crippen LogP contribution in [0.4, 0.5) is 0 Å². The molecule has 3 heteroatoms. The van der Waals surface area contributed by atoms with Gasteiger partial charge in [-0.15, -0.1) is 0 Å². The number of benzene rings is 1. The van der Waals surface area contributed by atoms with Crippen molar-refractivity contribution in [2.75, 3.05) is 7.05 Å². The molecular weight excluding hydrogens is 294 g/mol. The molecule has 0 unspecified atom stereocenters. The summed E-state index contributed by atoms with van der Waals surface area (Å²) in [6.45, 7) is 5.99. The van der Waals surface area contributed by atoms with Crippen molar-refractivity contribution in [3.8, 4) is 22.3 Å². The fourth-order valence-electron chi connectivity index (χ4n) is 3.48. The molecule has 0 aliphatic carbocycles. The Kier molecular flexibility index (Phi) is 3.66. The van der Waals surface area contributed by atoms with Crippen LogP contribution in [-0.4, -0.2) is 21.9 Å². The van der Waals surface area contributed by atoms with Crippen molar-refractivity contribution in [2.24, 2.45) is 0 Å². The molecule has 1 aliphatic heterocycles. The lowest BCUT2D eigenvalue weighted by Crippen LogP contribution is -2.16. The second kappa shape index (κ2) is 5.84. The molecule has 120 valence electrons. The topological polar surface area (TPSA) is 29.0 Å². The Labute approximate surface area is 143 Å². The summed E-state index contributed by atoms with van der Waals surface area (Å²) >= 11 is 0. The molecule has 1 aromatic carbocycles. The molecule has 4 rings (SSSR count). The molecule has 0 bridgehead atoms. The molecule has 0 amide bonds. The van der Waals surface area contributed by atoms with Crippen LogP contribution in [0.1, 0.15) is 22.5 Å². The van der Waals surface area contributed by atoms with E-state index >= 15 is 0 Å². The largest absolute Gasteiger partial charge is 0.296 e. The minimum Gasteiger partial charge on any atom is -0.296 e. The van der Waals surface area contributed by atoms with E-state index in [4.69, 9.17) is 4.98 Å². The Balaban J connectivity index is 1.94. The fraction of sp³-hybridized carbons (Fsp3) is 0.238. The number of hydrogen-bond acceptors (Lipinski definition) is 3. The van der Waals surface area contributed by atoms with Gasteiger partial charge in [-0.25, -0.2) is 0 Å². The Morgan fingerprint density at radius 3 is 2.62 bits per heavy atom. The summed E-state index contributed by atoms with van der Waals surface area (Å²) in [7, 11) is 2.15. The summed E-state index contributed by atoms with van der Waals surface area (Å²) in [5.74, 6) is 0. The summed E-state index contributed by atoms with van der Waals surface area (Å²) in [5, 5.41) is 0. The van der Waals surface area contributed by atoms with Gasteiger partial charge in [0.05, 0.1) is 5.69 Å². The molecule has 1 aliphatic rings. The summed E-state index contributed by atoms with van der Waals surface area (Å²) in [4.78, 5) is 11.5. The van der Waals surface area contributed by atoms with Gasteiger partial charge in [-0.1, -0.05) is 18.2 Å². The minimum absolute atomic E-state index is 0.881. The van der Waals surface area contributed by atoms with Crippen LogP contribution in [0.5, 0.6) is 0 Å². The van der Waals surface area contributed by atoms with Crippen LogP contribution in [0.3, 0.4) is 0 Å². The van der Waals surface area contributed by atoms with Gasteiger partial charge in [-0.2, -0.15) is 0 Å². The first kappa shape index (κ1) is 15.0. The third-order valence-corrected chi connectivity index (χ3v) is 4.68. The third kappa shape index (κ3) is 2.61. The van der Waals surface area contributed by atoms with E-state index in [1.54, 1.807) is 0 Å². The first-order chi connectivity index (χ1) is 11.6. The average molecular weight is 315 g/mol. The van der Waals surface area contributed by atoms with Gasteiger partial charge < -0.3 is 0 Å². The predicted molar refractivity (Wildman–Crippen MR) is 97.5 cm³/mol. The van der Waals surface area contributed by atoms with Gasteiger partial charge in [0.25, 0.3) is 0 Å². The Morgan fingerprint density at radius 2 is 1.79 bits per heavy atom. The molecule has 0 fully saturated rings. The van der Waals surface area contributed by atoms with Gasteiger partial charge >= 0.3 is 0 Å². The lowest BCUT2D eigenvalue weighted by molar-refractivity contribution is 0.319. The van der Waals surface area contributed by atoms with Gasteiger partial charge in [0.15, 0.2) is 0 Å². The van der Waals surface area contributed by atoms with Crippen LogP contribution < -0.4 is 0 Å². The summed E-state index contributed by atoms with van der Waals surface area (Å²) in [6, 6.07) is 13.2. The Hall–Kier alpha value is -2.52. The molecule has 0 saturated heterocycles. The SMILES string of the molecule is Cc1cnc2c(c1)-c1cc(-c3cccnc3C)ccc1CN(C)C2. The maximum Gasteiger partial charge on any atom is 0.0622 e. The fourth-order valence-corrected chi connectivity index (χ4v) is 3.48. The number of rotatable bonds is 1. The van der Waals surface area contributed by atoms with Crippen LogP contribution >= 0.6 is 0 Å². The number of hydrogen-bond donors (Lipinski definition) is 0. The average Bonchev–Trinajstić information content (AvgIpc) is 2.70. The smallest absolute Gasteiger partial charge is 0.0622 e. The van der Waals surface area contributed by atoms with Gasteiger partial charge in [-0.05, 0) is 61.3 Å². The highest BCUT2D eigenvalue weighted by atomic mass is 15.1. The third-order valence-electron chi connectivity index (χ3n) is 4.68. The second-order valence-electron chi connectivity index (χ2n) is 6.69. The Bertz CT molecular complexity index is 915. The van der Waals surface area contributed by atoms with Crippen molar-refractivity contribution in [3.63, 3.8) is 0 Å². The molecule has 0 saturated carbocycles. The minimum atomic E-state index is 0.881. The van der Waals surface area contributed by atoms with Gasteiger partial charge in [0.2, 0.25) is 0 Å². The van der Waals surface area contributed by atoms with E-state index in [-0.39, 0.29) is 0 Å². The molecule has 0 radical (unpaired) electrons. The van der Waals surface area contributed by atoms with Crippen molar-refractivity contribution >= 4 is 0 Å². The zero-order valence-corrected chi connectivity index (χ0v) is 14.4. The molecule has 2 aromatic heterocycles. The first-order valence-corrected chi connectivity index (χ1v) is 8.31. The van der Waals surface area contributed by atoms with Gasteiger partial charge in [0, 0.05) is 42.3 Å². The predicted octanol–water partition coefficient (Wildman–Crippen LogP) is 4.37. The molecule has 24 heavy (non-hydrogen) atoms. The normalized spacial score (nSPS) is 14.0. The van der Waals surface area contributed by atoms with E-state index < -0.39 is 0 Å². The van der Waals surface area contributed by atoms with Crippen molar-refractivity contribution in [1.82, 2.24) is 14.9 Å². The van der Waals surface area contributed by atoms with E-state index in [1.807, 2.05) is 18.5 Å². The zero-order chi connectivity index (χ0) is 16.7. The molecule has 3 aromatic rings. The monoisotopic (exact) mass is 315 g/mol. The molecular formula is C21H21N3. The molecule has 0 atom stereocenters. The van der Waals surface area contributed by atoms with E-state index in [0.717, 1.165) is 24.5 Å². The molecule has 3 nitrogen and oxygen atoms in total. The summed E-state index contributed by atoms with van der Waals surface area (Å²) in [6.07, 6.45) is 3.81. The highest BCUT2D eigenvalue weighted by molar-refractivity contribution is 5.78. The number of aromatic nitrogens is 2. The Morgan fingerprint density at radius 1 is 0.917 bits per heavy atom. The van der Waals surface area contributed by atoms with Gasteiger partial charge in [-0.3, -0.25) is 14.9 Å². The lowest BCUT2D eigenvalue weighted by Gasteiger charge is -2.14. The van der Waals surface area contributed by atoms with Crippen LogP contribution in [0.25, 0.3) is 22.3 Å². The van der Waals surface area contributed by atoms with Crippen LogP contribution in [-0.2, 0) is 13.1 Å². The molecule has 0 N–H and O–H groups in total. The van der Waals surface area contributed by atoms with E-state index in [9.17, 15) is 0 Å². The van der Waals surface area contributed by atoms with Crippen LogP contribution in [0.2, 0.25) is 0 Å². The standard InChI is InChI=1S/C21H21N3/c1-14-9-20-19-10-16(18-5-4-8-22-15(18)2)6-7-17(19)12-24(3)13-21(20)23-11-14/h4-11H,12-13H2,1-3H3. The van der Waals surface area contributed by atoms with Crippen LogP contribution in [0, 0.1) is 13.8 Å². The molecule has 0 spiro atoms. The maximum absolute atomic E-state index is 4.69. The number of fused-ring (bicyclic) bond motifs is 3. The highest BCUT2D eigenvalue weighted by Gasteiger charge is 2.19. The number of nitrogens with zero attached hydrogens (tertiary/aromatic N) is 3.